The molecule has 1 fully saturated rings. The van der Waals surface area contributed by atoms with Crippen LogP contribution in [0.5, 0.6) is 0 Å². The fourth-order valence-corrected chi connectivity index (χ4v) is 18.4. The average molecular weight is 1530 g/mol. The monoisotopic (exact) mass is 1530 g/mol. The van der Waals surface area contributed by atoms with Crippen molar-refractivity contribution in [2.75, 3.05) is 78.5 Å². The van der Waals surface area contributed by atoms with Crippen molar-refractivity contribution in [3.63, 3.8) is 0 Å². The quantitative estimate of drug-likeness (QED) is 0.0427. The second-order valence-corrected chi connectivity index (χ2v) is 35.7. The van der Waals surface area contributed by atoms with E-state index < -0.39 is 45.5 Å². The second kappa shape index (κ2) is 71.3. The van der Waals surface area contributed by atoms with Gasteiger partial charge in [-0.3, -0.25) is 29.0 Å². The van der Waals surface area contributed by atoms with Gasteiger partial charge in [0, 0.05) is 52.4 Å². The molecule has 4 N–H and O–H groups in total. The average Bonchev–Trinajstić information content (AvgIpc) is 0.866. The SMILES string of the molecule is CCCCCCCCC(CCCCCC)(CCCCCCN(CCCCCCC(CCCCCC)(CCCCCCCC)C(=O)O)CCN1CCN(CCN(CCCCCCC(CCCCCC)(CCCCCCCC)C(=O)O)CCCCCCC(CCCCCC)(CCCCCCCC)C(=O)O)CC1)C(=O)O. The molecule has 1 heterocycles. The third-order valence-corrected chi connectivity index (χ3v) is 26.3. The molecule has 0 aromatic heterocycles. The highest BCUT2D eigenvalue weighted by atomic mass is 16.4. The normalized spacial score (nSPS) is 15.4. The molecule has 12 nitrogen and oxygen atoms in total. The Morgan fingerprint density at radius 2 is 0.333 bits per heavy atom. The molecule has 12 heteroatoms. The molecule has 0 aromatic carbocycles. The molecule has 108 heavy (non-hydrogen) atoms. The van der Waals surface area contributed by atoms with Gasteiger partial charge in [-0.15, -0.1) is 0 Å². The summed E-state index contributed by atoms with van der Waals surface area (Å²) in [5.41, 5.74) is -2.32. The number of aliphatic carboxylic acids is 4. The highest BCUT2D eigenvalue weighted by Crippen LogP contribution is 2.42. The van der Waals surface area contributed by atoms with Gasteiger partial charge in [-0.25, -0.2) is 0 Å². The highest BCUT2D eigenvalue weighted by molar-refractivity contribution is 5.76. The van der Waals surface area contributed by atoms with Crippen molar-refractivity contribution in [1.82, 2.24) is 19.6 Å². The van der Waals surface area contributed by atoms with Crippen LogP contribution >= 0.6 is 0 Å². The molecule has 0 aliphatic carbocycles. The van der Waals surface area contributed by atoms with Crippen LogP contribution in [0.3, 0.4) is 0 Å². The van der Waals surface area contributed by atoms with E-state index in [2.05, 4.69) is 75.0 Å². The Bertz CT molecular complexity index is 1770. The van der Waals surface area contributed by atoms with E-state index in [-0.39, 0.29) is 0 Å². The number of hydrogen-bond acceptors (Lipinski definition) is 8. The van der Waals surface area contributed by atoms with Crippen molar-refractivity contribution in [1.29, 1.82) is 0 Å². The standard InChI is InChI=1S/C96H188N4O8/c1-9-17-25-33-37-53-69-93(89(101)102,65-49-29-21-13-5)73-57-41-45-61-77-97(78-62-46-42-58-74-94(90(103)104,66-50-30-22-14-6)70-54-38-34-26-18-10-2)81-83-99-85-87-100(88-86-99)84-82-98(79-63-47-43-59-75-95(91(105)106,67-51-31-23-15-7)71-55-39-35-27-19-11-3)80-64-48-44-60-76-96(92(107)108,68-52-32-24-16-8)72-56-40-36-28-20-12-4/h9-88H2,1-8H3,(H,101,102)(H,103,104)(H,105,106)(H,107,108). The van der Waals surface area contributed by atoms with Gasteiger partial charge >= 0.3 is 23.9 Å². The maximum Gasteiger partial charge on any atom is 0.309 e. The summed E-state index contributed by atoms with van der Waals surface area (Å²) in [6.45, 7) is 30.9. The fraction of sp³-hybridized carbons (Fsp3) is 0.958. The Hall–Kier alpha value is -2.28. The van der Waals surface area contributed by atoms with E-state index in [9.17, 15) is 39.6 Å². The number of carboxylic acid groups (broad SMARTS) is 4. The van der Waals surface area contributed by atoms with E-state index in [1.807, 2.05) is 0 Å². The Morgan fingerprint density at radius 3 is 0.481 bits per heavy atom. The lowest BCUT2D eigenvalue weighted by Gasteiger charge is -2.37. The van der Waals surface area contributed by atoms with Gasteiger partial charge in [0.05, 0.1) is 21.7 Å². The van der Waals surface area contributed by atoms with Crippen LogP contribution in [0, 0.1) is 21.7 Å². The van der Waals surface area contributed by atoms with Gasteiger partial charge in [0.25, 0.3) is 0 Å². The molecule has 4 atom stereocenters. The molecule has 1 aliphatic rings. The van der Waals surface area contributed by atoms with Gasteiger partial charge in [0.15, 0.2) is 0 Å². The predicted molar refractivity (Wildman–Crippen MR) is 465 cm³/mol. The number of rotatable bonds is 86. The highest BCUT2D eigenvalue weighted by Gasteiger charge is 2.40. The van der Waals surface area contributed by atoms with E-state index in [1.54, 1.807) is 0 Å². The molecule has 0 spiro atoms. The summed E-state index contributed by atoms with van der Waals surface area (Å²) in [7, 11) is 0. The van der Waals surface area contributed by atoms with Gasteiger partial charge in [-0.1, -0.05) is 389 Å². The molecular formula is C96H188N4O8. The van der Waals surface area contributed by atoms with Crippen molar-refractivity contribution in [3.8, 4) is 0 Å². The third kappa shape index (κ3) is 51.5. The Balaban J connectivity index is 3.26. The minimum Gasteiger partial charge on any atom is -0.481 e. The summed E-state index contributed by atoms with van der Waals surface area (Å²) in [6, 6.07) is 0. The van der Waals surface area contributed by atoms with Crippen LogP contribution in [0.15, 0.2) is 0 Å². The minimum atomic E-state index is -0.579. The smallest absolute Gasteiger partial charge is 0.309 e. The van der Waals surface area contributed by atoms with Crippen molar-refractivity contribution >= 4 is 23.9 Å². The zero-order chi connectivity index (χ0) is 79.2. The molecule has 0 radical (unpaired) electrons. The predicted octanol–water partition coefficient (Wildman–Crippen LogP) is 28.2. The summed E-state index contributed by atoms with van der Waals surface area (Å²) in [5, 5.41) is 43.4. The second-order valence-electron chi connectivity index (χ2n) is 35.7. The van der Waals surface area contributed by atoms with E-state index in [4.69, 9.17) is 0 Å². The Labute approximate surface area is 671 Å². The Morgan fingerprint density at radius 1 is 0.204 bits per heavy atom. The molecule has 1 rings (SSSR count). The summed E-state index contributed by atoms with van der Waals surface area (Å²) in [6.07, 6.45) is 74.1. The van der Waals surface area contributed by atoms with Gasteiger partial charge < -0.3 is 30.2 Å². The molecule has 640 valence electrons. The summed E-state index contributed by atoms with van der Waals surface area (Å²) >= 11 is 0. The first-order valence-electron chi connectivity index (χ1n) is 48.4. The first-order chi connectivity index (χ1) is 52.6. The summed E-state index contributed by atoms with van der Waals surface area (Å²) in [4.78, 5) is 63.7. The molecule has 1 saturated heterocycles. The molecule has 4 unspecified atom stereocenters. The summed E-state index contributed by atoms with van der Waals surface area (Å²) < 4.78 is 0. The van der Waals surface area contributed by atoms with Crippen LogP contribution in [-0.2, 0) is 19.2 Å². The zero-order valence-corrected chi connectivity index (χ0v) is 73.8. The lowest BCUT2D eigenvalue weighted by molar-refractivity contribution is -0.151. The minimum absolute atomic E-state index is 0.552. The van der Waals surface area contributed by atoms with Crippen LogP contribution in [0.1, 0.15) is 492 Å². The molecule has 0 saturated carbocycles. The lowest BCUT2D eigenvalue weighted by Crippen LogP contribution is -2.50. The van der Waals surface area contributed by atoms with E-state index in [1.165, 1.54) is 154 Å². The third-order valence-electron chi connectivity index (χ3n) is 26.3. The van der Waals surface area contributed by atoms with Crippen LogP contribution in [0.25, 0.3) is 0 Å². The number of carbonyl (C=O) groups is 4. The van der Waals surface area contributed by atoms with E-state index in [0.717, 1.165) is 361 Å². The molecule has 0 amide bonds. The van der Waals surface area contributed by atoms with Crippen molar-refractivity contribution in [2.24, 2.45) is 21.7 Å². The Kier molecular flexibility index (Phi) is 68.5. The zero-order valence-electron chi connectivity index (χ0n) is 73.8. The van der Waals surface area contributed by atoms with Gasteiger partial charge in [-0.05, 0) is 129 Å². The summed E-state index contributed by atoms with van der Waals surface area (Å²) in [5.74, 6) is -2.21. The van der Waals surface area contributed by atoms with Crippen LogP contribution in [0.4, 0.5) is 0 Å². The van der Waals surface area contributed by atoms with Crippen LogP contribution < -0.4 is 0 Å². The van der Waals surface area contributed by atoms with Gasteiger partial charge in [0.2, 0.25) is 0 Å². The van der Waals surface area contributed by atoms with Crippen LogP contribution in [-0.4, -0.2) is 142 Å². The maximum absolute atomic E-state index is 13.2. The first-order valence-corrected chi connectivity index (χ1v) is 48.4. The topological polar surface area (TPSA) is 162 Å². The van der Waals surface area contributed by atoms with Gasteiger partial charge in [-0.2, -0.15) is 0 Å². The number of nitrogens with zero attached hydrogens (tertiary/aromatic N) is 4. The van der Waals surface area contributed by atoms with E-state index >= 15 is 0 Å². The lowest BCUT2D eigenvalue weighted by atomic mass is 9.74. The number of hydrogen-bond donors (Lipinski definition) is 4. The van der Waals surface area contributed by atoms with Crippen molar-refractivity contribution < 1.29 is 39.6 Å². The molecule has 0 bridgehead atoms. The number of unbranched alkanes of at least 4 members (excludes halogenated alkanes) is 44. The maximum atomic E-state index is 13.2. The van der Waals surface area contributed by atoms with Crippen molar-refractivity contribution in [2.45, 2.75) is 492 Å². The number of carboxylic acids is 4. The fourth-order valence-electron chi connectivity index (χ4n) is 18.4. The van der Waals surface area contributed by atoms with Crippen molar-refractivity contribution in [3.05, 3.63) is 0 Å². The van der Waals surface area contributed by atoms with Crippen LogP contribution in [0.2, 0.25) is 0 Å². The molecule has 1 aliphatic heterocycles. The largest absolute Gasteiger partial charge is 0.481 e. The molecular weight excluding hydrogens is 1340 g/mol. The van der Waals surface area contributed by atoms with Gasteiger partial charge in [0.1, 0.15) is 0 Å². The van der Waals surface area contributed by atoms with E-state index in [0.29, 0.717) is 0 Å². The first kappa shape index (κ1) is 104. The number of piperazine rings is 1. The molecule has 0 aromatic rings.